The summed E-state index contributed by atoms with van der Waals surface area (Å²) in [6.45, 7) is 3.32. The van der Waals surface area contributed by atoms with Crippen LogP contribution < -0.4 is 0 Å². The molecule has 0 saturated carbocycles. The first-order chi connectivity index (χ1) is 12.6. The SMILES string of the molecule is CCn1c(SCC(=O)N(C)Cc2ccc(Cl)s2)nnc1-c1ccncc1. The number of rotatable bonds is 7. The molecule has 3 aromatic rings. The van der Waals surface area contributed by atoms with E-state index in [1.54, 1.807) is 24.3 Å². The van der Waals surface area contributed by atoms with E-state index in [1.807, 2.05) is 35.8 Å². The summed E-state index contributed by atoms with van der Waals surface area (Å²) < 4.78 is 2.74. The Morgan fingerprint density at radius 2 is 2.04 bits per heavy atom. The van der Waals surface area contributed by atoms with Crippen molar-refractivity contribution in [2.24, 2.45) is 0 Å². The maximum absolute atomic E-state index is 12.4. The highest BCUT2D eigenvalue weighted by molar-refractivity contribution is 7.99. The molecule has 0 unspecified atom stereocenters. The minimum absolute atomic E-state index is 0.0376. The van der Waals surface area contributed by atoms with E-state index >= 15 is 0 Å². The number of thiophene rings is 1. The van der Waals surface area contributed by atoms with Crippen molar-refractivity contribution in [2.45, 2.75) is 25.2 Å². The average Bonchev–Trinajstić information content (AvgIpc) is 3.25. The van der Waals surface area contributed by atoms with Gasteiger partial charge in [-0.15, -0.1) is 21.5 Å². The number of hydrogen-bond donors (Lipinski definition) is 0. The number of halogens is 1. The number of thioether (sulfide) groups is 1. The van der Waals surface area contributed by atoms with Crippen LogP contribution in [0.1, 0.15) is 11.8 Å². The molecule has 3 rings (SSSR count). The zero-order chi connectivity index (χ0) is 18.5. The van der Waals surface area contributed by atoms with Crippen molar-refractivity contribution in [1.82, 2.24) is 24.6 Å². The van der Waals surface area contributed by atoms with E-state index in [1.165, 1.54) is 23.1 Å². The molecule has 0 saturated heterocycles. The number of aromatic nitrogens is 4. The summed E-state index contributed by atoms with van der Waals surface area (Å²) in [6, 6.07) is 7.59. The number of pyridine rings is 1. The van der Waals surface area contributed by atoms with Crippen LogP contribution in [0.5, 0.6) is 0 Å². The van der Waals surface area contributed by atoms with Gasteiger partial charge in [0.25, 0.3) is 0 Å². The number of amides is 1. The second-order valence-corrected chi connectivity index (χ2v) is 8.27. The Bertz CT molecular complexity index is 880. The Labute approximate surface area is 165 Å². The van der Waals surface area contributed by atoms with Crippen LogP contribution in [-0.2, 0) is 17.9 Å². The number of hydrogen-bond acceptors (Lipinski definition) is 6. The molecule has 136 valence electrons. The predicted octanol–water partition coefficient (Wildman–Crippen LogP) is 3.83. The van der Waals surface area contributed by atoms with Gasteiger partial charge in [0.15, 0.2) is 11.0 Å². The van der Waals surface area contributed by atoms with E-state index in [0.29, 0.717) is 12.3 Å². The van der Waals surface area contributed by atoms with Gasteiger partial charge < -0.3 is 9.47 Å². The zero-order valence-electron chi connectivity index (χ0n) is 14.4. The van der Waals surface area contributed by atoms with E-state index in [-0.39, 0.29) is 5.91 Å². The maximum atomic E-state index is 12.4. The van der Waals surface area contributed by atoms with Gasteiger partial charge in [0.05, 0.1) is 16.6 Å². The van der Waals surface area contributed by atoms with Gasteiger partial charge in [-0.1, -0.05) is 23.4 Å². The fourth-order valence-corrected chi connectivity index (χ4v) is 4.47. The molecule has 0 aliphatic heterocycles. The summed E-state index contributed by atoms with van der Waals surface area (Å²) >= 11 is 8.83. The van der Waals surface area contributed by atoms with Crippen molar-refractivity contribution in [3.05, 3.63) is 45.9 Å². The molecule has 0 aromatic carbocycles. The van der Waals surface area contributed by atoms with Crippen molar-refractivity contribution in [3.63, 3.8) is 0 Å². The molecule has 3 aromatic heterocycles. The van der Waals surface area contributed by atoms with E-state index in [0.717, 1.165) is 32.3 Å². The fraction of sp³-hybridized carbons (Fsp3) is 0.294. The molecule has 0 N–H and O–H groups in total. The van der Waals surface area contributed by atoms with Crippen molar-refractivity contribution in [1.29, 1.82) is 0 Å². The van der Waals surface area contributed by atoms with Crippen LogP contribution in [0.2, 0.25) is 4.34 Å². The van der Waals surface area contributed by atoms with Crippen molar-refractivity contribution in [3.8, 4) is 11.4 Å². The lowest BCUT2D eigenvalue weighted by molar-refractivity contribution is -0.127. The van der Waals surface area contributed by atoms with Gasteiger partial charge in [-0.2, -0.15) is 0 Å². The monoisotopic (exact) mass is 407 g/mol. The van der Waals surface area contributed by atoms with Crippen molar-refractivity contribution < 1.29 is 4.79 Å². The summed E-state index contributed by atoms with van der Waals surface area (Å²) in [4.78, 5) is 19.2. The van der Waals surface area contributed by atoms with Crippen LogP contribution in [-0.4, -0.2) is 43.4 Å². The lowest BCUT2D eigenvalue weighted by atomic mass is 10.2. The highest BCUT2D eigenvalue weighted by atomic mass is 35.5. The third-order valence-corrected chi connectivity index (χ3v) is 5.91. The van der Waals surface area contributed by atoms with Crippen LogP contribution in [0, 0.1) is 0 Å². The summed E-state index contributed by atoms with van der Waals surface area (Å²) in [5, 5.41) is 9.26. The third kappa shape index (κ3) is 4.44. The minimum Gasteiger partial charge on any atom is -0.340 e. The Morgan fingerprint density at radius 1 is 1.27 bits per heavy atom. The first-order valence-electron chi connectivity index (χ1n) is 8.03. The second-order valence-electron chi connectivity index (χ2n) is 5.53. The molecule has 9 heteroatoms. The van der Waals surface area contributed by atoms with Gasteiger partial charge >= 0.3 is 0 Å². The molecule has 0 fully saturated rings. The lowest BCUT2D eigenvalue weighted by Crippen LogP contribution is -2.27. The smallest absolute Gasteiger partial charge is 0.233 e. The average molecular weight is 408 g/mol. The summed E-state index contributed by atoms with van der Waals surface area (Å²) in [7, 11) is 1.80. The Morgan fingerprint density at radius 3 is 2.69 bits per heavy atom. The predicted molar refractivity (Wildman–Crippen MR) is 105 cm³/mol. The van der Waals surface area contributed by atoms with E-state index < -0.39 is 0 Å². The second kappa shape index (κ2) is 8.66. The molecule has 0 aliphatic rings. The minimum atomic E-state index is 0.0376. The van der Waals surface area contributed by atoms with Crippen LogP contribution in [0.3, 0.4) is 0 Å². The molecule has 6 nitrogen and oxygen atoms in total. The molecular weight excluding hydrogens is 390 g/mol. The van der Waals surface area contributed by atoms with E-state index in [2.05, 4.69) is 15.2 Å². The third-order valence-electron chi connectivity index (χ3n) is 3.74. The van der Waals surface area contributed by atoms with Gasteiger partial charge in [0, 0.05) is 36.4 Å². The molecule has 1 amide bonds. The Balaban J connectivity index is 1.64. The summed E-state index contributed by atoms with van der Waals surface area (Å²) in [6.07, 6.45) is 3.46. The normalized spacial score (nSPS) is 10.9. The van der Waals surface area contributed by atoms with E-state index in [4.69, 9.17) is 11.6 Å². The number of carbonyl (C=O) groups is 1. The first-order valence-corrected chi connectivity index (χ1v) is 10.2. The van der Waals surface area contributed by atoms with Gasteiger partial charge in [0.1, 0.15) is 0 Å². The van der Waals surface area contributed by atoms with Crippen LogP contribution in [0.4, 0.5) is 0 Å². The van der Waals surface area contributed by atoms with Gasteiger partial charge in [-0.05, 0) is 31.2 Å². The zero-order valence-corrected chi connectivity index (χ0v) is 16.8. The number of nitrogens with zero attached hydrogens (tertiary/aromatic N) is 5. The van der Waals surface area contributed by atoms with Crippen LogP contribution in [0.15, 0.2) is 41.8 Å². The van der Waals surface area contributed by atoms with Crippen molar-refractivity contribution in [2.75, 3.05) is 12.8 Å². The summed E-state index contributed by atoms with van der Waals surface area (Å²) in [5.74, 6) is 1.13. The Hall–Kier alpha value is -1.90. The van der Waals surface area contributed by atoms with Gasteiger partial charge in [0.2, 0.25) is 5.91 Å². The first kappa shape index (κ1) is 18.9. The highest BCUT2D eigenvalue weighted by Gasteiger charge is 2.16. The quantitative estimate of drug-likeness (QED) is 0.557. The number of carbonyl (C=O) groups excluding carboxylic acids is 1. The molecular formula is C17H18ClN5OS2. The highest BCUT2D eigenvalue weighted by Crippen LogP contribution is 2.25. The summed E-state index contributed by atoms with van der Waals surface area (Å²) in [5.41, 5.74) is 0.958. The fourth-order valence-electron chi connectivity index (χ4n) is 2.39. The standard InChI is InChI=1S/C17H18ClN5OS2/c1-3-23-16(12-6-8-19-9-7-12)20-21-17(23)25-11-15(24)22(2)10-13-4-5-14(18)26-13/h4-9H,3,10-11H2,1-2H3. The lowest BCUT2D eigenvalue weighted by Gasteiger charge is -2.16. The van der Waals surface area contributed by atoms with Gasteiger partial charge in [-0.3, -0.25) is 9.78 Å². The van der Waals surface area contributed by atoms with Gasteiger partial charge in [-0.25, -0.2) is 0 Å². The molecule has 0 radical (unpaired) electrons. The molecule has 0 spiro atoms. The molecule has 0 aliphatic carbocycles. The van der Waals surface area contributed by atoms with Crippen molar-refractivity contribution >= 4 is 40.6 Å². The topological polar surface area (TPSA) is 63.9 Å². The van der Waals surface area contributed by atoms with Crippen LogP contribution in [0.25, 0.3) is 11.4 Å². The molecule has 0 atom stereocenters. The maximum Gasteiger partial charge on any atom is 0.233 e. The molecule has 26 heavy (non-hydrogen) atoms. The largest absolute Gasteiger partial charge is 0.340 e. The molecule has 3 heterocycles. The molecule has 0 bridgehead atoms. The Kier molecular flexibility index (Phi) is 6.29. The van der Waals surface area contributed by atoms with Crippen LogP contribution >= 0.6 is 34.7 Å². The van der Waals surface area contributed by atoms with E-state index in [9.17, 15) is 4.79 Å².